The minimum absolute atomic E-state index is 0. The number of benzene rings is 1. The van der Waals surface area contributed by atoms with Gasteiger partial charge in [-0.3, -0.25) is 0 Å². The summed E-state index contributed by atoms with van der Waals surface area (Å²) in [5.41, 5.74) is 7.01. The van der Waals surface area contributed by atoms with E-state index in [1.165, 1.54) is 0 Å². The summed E-state index contributed by atoms with van der Waals surface area (Å²) in [5.74, 6) is 0.722. The van der Waals surface area contributed by atoms with Gasteiger partial charge in [0.25, 0.3) is 0 Å². The van der Waals surface area contributed by atoms with E-state index in [2.05, 4.69) is 0 Å². The number of hydrogen-bond acceptors (Lipinski definition) is 2. The molecule has 0 aliphatic carbocycles. The molecule has 1 unspecified atom stereocenters. The molecule has 0 saturated carbocycles. The summed E-state index contributed by atoms with van der Waals surface area (Å²) in [6.07, 6.45) is -0.471. The average molecular weight is 267 g/mol. The Bertz CT molecular complexity index is 243. The molecule has 4 heteroatoms. The van der Waals surface area contributed by atoms with Crippen molar-refractivity contribution in [1.29, 1.82) is 0 Å². The monoisotopic (exact) mass is 265 g/mol. The summed E-state index contributed by atoms with van der Waals surface area (Å²) in [5, 5.41) is 9.12. The number of anilines is 1. The average Bonchev–Trinajstić information content (AvgIpc) is 2.06. The minimum atomic E-state index is -0.471. The van der Waals surface area contributed by atoms with Crippen LogP contribution in [-0.4, -0.2) is 11.0 Å². The van der Waals surface area contributed by atoms with Crippen LogP contribution in [0.4, 0.5) is 5.69 Å². The molecule has 0 heterocycles. The number of alkyl halides is 1. The van der Waals surface area contributed by atoms with Gasteiger partial charge in [-0.25, -0.2) is 0 Å². The first-order valence-corrected chi connectivity index (χ1v) is 4.75. The van der Waals surface area contributed by atoms with Crippen molar-refractivity contribution in [3.63, 3.8) is 0 Å². The summed E-state index contributed by atoms with van der Waals surface area (Å²) in [6, 6.07) is 7.31. The van der Waals surface area contributed by atoms with Crippen molar-refractivity contribution >= 4 is 17.3 Å². The molecule has 0 spiro atoms. The van der Waals surface area contributed by atoms with Crippen LogP contribution in [0, 0.1) is 0 Å². The van der Waals surface area contributed by atoms with Crippen LogP contribution in [0.5, 0.6) is 0 Å². The van der Waals surface area contributed by atoms with Gasteiger partial charge in [0.2, 0.25) is 0 Å². The van der Waals surface area contributed by atoms with Crippen LogP contribution in [0.25, 0.3) is 0 Å². The number of para-hydroxylation sites is 1. The Kier molecular flexibility index (Phi) is 11.0. The molecule has 74 valence electrons. The zero-order chi connectivity index (χ0) is 10.3. The van der Waals surface area contributed by atoms with Gasteiger partial charge < -0.3 is 10.8 Å². The molecule has 1 aromatic carbocycles. The Balaban J connectivity index is 0. The Labute approximate surface area is 103 Å². The van der Waals surface area contributed by atoms with Crippen LogP contribution < -0.4 is 5.73 Å². The first-order valence-electron chi connectivity index (χ1n) is 4.21. The first-order chi connectivity index (χ1) is 6.13. The molecule has 0 aromatic heterocycles. The molecule has 0 bridgehead atoms. The van der Waals surface area contributed by atoms with Gasteiger partial charge >= 0.3 is 19.5 Å². The van der Waals surface area contributed by atoms with Crippen molar-refractivity contribution in [3.05, 3.63) is 29.8 Å². The van der Waals surface area contributed by atoms with E-state index < -0.39 is 6.10 Å². The number of rotatable bonds is 1. The fraction of sp³-hybridized carbons (Fsp3) is 0.400. The van der Waals surface area contributed by atoms with Gasteiger partial charge in [-0.1, -0.05) is 25.1 Å². The van der Waals surface area contributed by atoms with Crippen molar-refractivity contribution in [1.82, 2.24) is 0 Å². The van der Waals surface area contributed by atoms with Gasteiger partial charge in [0.15, 0.2) is 0 Å². The second-order valence-electron chi connectivity index (χ2n) is 2.57. The molecule has 1 atom stereocenters. The van der Waals surface area contributed by atoms with E-state index in [1.807, 2.05) is 25.1 Å². The van der Waals surface area contributed by atoms with E-state index >= 15 is 0 Å². The van der Waals surface area contributed by atoms with Gasteiger partial charge in [0, 0.05) is 17.1 Å². The minimum Gasteiger partial charge on any atom is -0.398 e. The normalized spacial score (nSPS) is 10.6. The third-order valence-corrected chi connectivity index (χ3v) is 1.45. The van der Waals surface area contributed by atoms with Gasteiger partial charge in [-0.05, 0) is 13.0 Å². The molecular formula is C10H16ClNOZn+2. The van der Waals surface area contributed by atoms with Crippen molar-refractivity contribution in [2.45, 2.75) is 20.0 Å². The smallest absolute Gasteiger partial charge is 0.398 e. The molecule has 0 aliphatic rings. The molecular weight excluding hydrogens is 251 g/mol. The van der Waals surface area contributed by atoms with E-state index in [1.54, 1.807) is 13.0 Å². The fourth-order valence-corrected chi connectivity index (χ4v) is 0.891. The summed E-state index contributed by atoms with van der Waals surface area (Å²) in [7, 11) is 0. The van der Waals surface area contributed by atoms with E-state index in [0.717, 1.165) is 11.4 Å². The quantitative estimate of drug-likeness (QED) is 0.466. The molecule has 1 aromatic rings. The summed E-state index contributed by atoms with van der Waals surface area (Å²) < 4.78 is 0. The largest absolute Gasteiger partial charge is 2.00 e. The zero-order valence-electron chi connectivity index (χ0n) is 8.70. The predicted octanol–water partition coefficient (Wildman–Crippen LogP) is 2.56. The van der Waals surface area contributed by atoms with Crippen molar-refractivity contribution < 1.29 is 24.6 Å². The number of halogens is 1. The summed E-state index contributed by atoms with van der Waals surface area (Å²) in [4.78, 5) is 0. The Morgan fingerprint density at radius 2 is 1.86 bits per heavy atom. The maximum Gasteiger partial charge on any atom is 2.00 e. The summed E-state index contributed by atoms with van der Waals surface area (Å²) >= 11 is 5.00. The topological polar surface area (TPSA) is 46.2 Å². The Morgan fingerprint density at radius 1 is 1.43 bits per heavy atom. The van der Waals surface area contributed by atoms with Gasteiger partial charge in [-0.2, -0.15) is 0 Å². The van der Waals surface area contributed by atoms with Gasteiger partial charge in [0.1, 0.15) is 0 Å². The molecule has 0 saturated heterocycles. The van der Waals surface area contributed by atoms with E-state index in [9.17, 15) is 0 Å². The maximum absolute atomic E-state index is 9.12. The molecule has 0 radical (unpaired) electrons. The standard InChI is InChI=1S/C8H11NO.C2H5Cl.Zn/c1-6(10)7-4-2-3-5-8(7)9;1-2-3;/h2-6,10H,9H2,1H3;2H2,1H3;/q;;+2. The van der Waals surface area contributed by atoms with Crippen LogP contribution >= 0.6 is 11.6 Å². The van der Waals surface area contributed by atoms with Crippen molar-refractivity contribution in [2.24, 2.45) is 0 Å². The molecule has 3 N–H and O–H groups in total. The van der Waals surface area contributed by atoms with Crippen molar-refractivity contribution in [3.8, 4) is 0 Å². The summed E-state index contributed by atoms with van der Waals surface area (Å²) in [6.45, 7) is 3.59. The molecule has 0 fully saturated rings. The van der Waals surface area contributed by atoms with Gasteiger partial charge in [0.05, 0.1) is 6.10 Å². The SMILES string of the molecule is CC(O)c1ccccc1N.CCCl.[Zn+2]. The second-order valence-corrected chi connectivity index (χ2v) is 3.11. The van der Waals surface area contributed by atoms with E-state index in [4.69, 9.17) is 22.4 Å². The number of nitrogen functional groups attached to an aromatic ring is 1. The molecule has 0 amide bonds. The molecule has 14 heavy (non-hydrogen) atoms. The van der Waals surface area contributed by atoms with Crippen LogP contribution in [-0.2, 0) is 19.5 Å². The second kappa shape index (κ2) is 9.45. The predicted molar refractivity (Wildman–Crippen MR) is 57.9 cm³/mol. The van der Waals surface area contributed by atoms with Crippen LogP contribution in [0.2, 0.25) is 0 Å². The van der Waals surface area contributed by atoms with Crippen LogP contribution in [0.3, 0.4) is 0 Å². The number of hydrogen-bond donors (Lipinski definition) is 2. The molecule has 0 aliphatic heterocycles. The Hall–Kier alpha value is -0.107. The third kappa shape index (κ3) is 6.36. The molecule has 2 nitrogen and oxygen atoms in total. The van der Waals surface area contributed by atoms with E-state index in [0.29, 0.717) is 5.69 Å². The van der Waals surface area contributed by atoms with E-state index in [-0.39, 0.29) is 19.5 Å². The first kappa shape index (κ1) is 16.3. The van der Waals surface area contributed by atoms with Crippen LogP contribution in [0.15, 0.2) is 24.3 Å². The fourth-order valence-electron chi connectivity index (χ4n) is 0.891. The van der Waals surface area contributed by atoms with Gasteiger partial charge in [-0.15, -0.1) is 11.6 Å². The molecule has 1 rings (SSSR count). The Morgan fingerprint density at radius 3 is 2.14 bits per heavy atom. The number of aliphatic hydroxyl groups is 1. The van der Waals surface area contributed by atoms with Crippen LogP contribution in [0.1, 0.15) is 25.5 Å². The third-order valence-electron chi connectivity index (χ3n) is 1.45. The maximum atomic E-state index is 9.12. The number of aliphatic hydroxyl groups excluding tert-OH is 1. The zero-order valence-corrected chi connectivity index (χ0v) is 12.4. The number of nitrogens with two attached hydrogens (primary N) is 1. The van der Waals surface area contributed by atoms with Crippen molar-refractivity contribution in [2.75, 3.05) is 11.6 Å².